The van der Waals surface area contributed by atoms with Crippen LogP contribution in [-0.2, 0) is 9.53 Å². The first-order valence-electron chi connectivity index (χ1n) is 2.96. The van der Waals surface area contributed by atoms with Gasteiger partial charge >= 0.3 is 5.97 Å². The molecule has 0 aromatic carbocycles. The maximum absolute atomic E-state index is 10.4. The predicted octanol–water partition coefficient (Wildman–Crippen LogP) is 1.52. The van der Waals surface area contributed by atoms with Gasteiger partial charge in [0.2, 0.25) is 0 Å². The molecule has 3 heteroatoms. The van der Waals surface area contributed by atoms with E-state index in [1.165, 1.54) is 6.08 Å². The zero-order chi connectivity index (χ0) is 7.28. The molecule has 0 unspecified atom stereocenters. The van der Waals surface area contributed by atoms with Gasteiger partial charge in [0.05, 0.1) is 6.61 Å². The molecule has 0 saturated heterocycles. The highest BCUT2D eigenvalue weighted by Gasteiger charge is 1.96. The van der Waals surface area contributed by atoms with E-state index >= 15 is 0 Å². The maximum Gasteiger partial charge on any atom is 0.330 e. The van der Waals surface area contributed by atoms with Crippen molar-refractivity contribution in [3.63, 3.8) is 0 Å². The van der Waals surface area contributed by atoms with E-state index < -0.39 is 0 Å². The number of hydrogen-bond donors (Lipinski definition) is 0. The zero-order valence-corrected chi connectivity index (χ0v) is 6.29. The minimum atomic E-state index is -0.344. The SMILES string of the molecule is C=CC(=O)OCC(C)C.F. The first-order valence-corrected chi connectivity index (χ1v) is 2.96. The van der Waals surface area contributed by atoms with Crippen LogP contribution in [0.15, 0.2) is 12.7 Å². The molecule has 0 bridgehead atoms. The minimum absolute atomic E-state index is 0. The molecule has 0 aliphatic heterocycles. The van der Waals surface area contributed by atoms with Crippen molar-refractivity contribution in [2.75, 3.05) is 6.61 Å². The Labute approximate surface area is 60.2 Å². The molecule has 0 N–H and O–H groups in total. The Hall–Kier alpha value is -0.860. The van der Waals surface area contributed by atoms with Gasteiger partial charge in [-0.05, 0) is 5.92 Å². The average molecular weight is 148 g/mol. The molecular formula is C7H13FO2. The summed E-state index contributed by atoms with van der Waals surface area (Å²) in [5, 5.41) is 0. The molecule has 0 spiro atoms. The first-order chi connectivity index (χ1) is 4.16. The summed E-state index contributed by atoms with van der Waals surface area (Å²) in [6, 6.07) is 0. The Bertz CT molecular complexity index is 110. The summed E-state index contributed by atoms with van der Waals surface area (Å²) in [6.07, 6.45) is 1.17. The molecule has 0 saturated carbocycles. The van der Waals surface area contributed by atoms with Crippen LogP contribution in [0.2, 0.25) is 0 Å². The summed E-state index contributed by atoms with van der Waals surface area (Å²) in [4.78, 5) is 10.4. The first kappa shape index (κ1) is 11.9. The largest absolute Gasteiger partial charge is 0.462 e. The van der Waals surface area contributed by atoms with Gasteiger partial charge in [-0.25, -0.2) is 4.79 Å². The molecule has 0 heterocycles. The molecule has 0 radical (unpaired) electrons. The molecule has 0 aromatic rings. The zero-order valence-electron chi connectivity index (χ0n) is 6.29. The number of carbonyl (C=O) groups is 1. The lowest BCUT2D eigenvalue weighted by atomic mass is 10.2. The second-order valence-corrected chi connectivity index (χ2v) is 2.23. The standard InChI is InChI=1S/C7H12O2.FH/c1-4-7(8)9-5-6(2)3;/h4,6H,1,5H2,2-3H3;1H. The van der Waals surface area contributed by atoms with Crippen LogP contribution in [0.25, 0.3) is 0 Å². The second-order valence-electron chi connectivity index (χ2n) is 2.23. The van der Waals surface area contributed by atoms with Crippen molar-refractivity contribution >= 4 is 5.97 Å². The van der Waals surface area contributed by atoms with Crippen molar-refractivity contribution in [3.8, 4) is 0 Å². The van der Waals surface area contributed by atoms with Crippen LogP contribution in [0.4, 0.5) is 4.70 Å². The number of esters is 1. The average Bonchev–Trinajstić information content (AvgIpc) is 1.83. The number of halogens is 1. The highest BCUT2D eigenvalue weighted by molar-refractivity contribution is 5.81. The quantitative estimate of drug-likeness (QED) is 0.448. The van der Waals surface area contributed by atoms with E-state index in [2.05, 4.69) is 6.58 Å². The lowest BCUT2D eigenvalue weighted by Gasteiger charge is -2.02. The molecule has 10 heavy (non-hydrogen) atoms. The third-order valence-corrected chi connectivity index (χ3v) is 0.726. The van der Waals surface area contributed by atoms with E-state index in [-0.39, 0.29) is 10.7 Å². The molecule has 2 nitrogen and oxygen atoms in total. The van der Waals surface area contributed by atoms with Crippen molar-refractivity contribution in [1.82, 2.24) is 0 Å². The summed E-state index contributed by atoms with van der Waals surface area (Å²) in [5.74, 6) is 0.0533. The molecule has 0 amide bonds. The van der Waals surface area contributed by atoms with Crippen LogP contribution in [0.1, 0.15) is 13.8 Å². The normalized spacial score (nSPS) is 8.30. The second kappa shape index (κ2) is 6.26. The van der Waals surface area contributed by atoms with Gasteiger partial charge in [0, 0.05) is 6.08 Å². The van der Waals surface area contributed by atoms with Crippen molar-refractivity contribution in [1.29, 1.82) is 0 Å². The number of carbonyl (C=O) groups excluding carboxylic acids is 1. The van der Waals surface area contributed by atoms with Crippen molar-refractivity contribution in [2.45, 2.75) is 13.8 Å². The maximum atomic E-state index is 10.4. The molecule has 0 aliphatic carbocycles. The Morgan fingerprint density at radius 1 is 1.70 bits per heavy atom. The van der Waals surface area contributed by atoms with E-state index in [9.17, 15) is 4.79 Å². The number of hydrogen-bond acceptors (Lipinski definition) is 2. The molecule has 0 rings (SSSR count). The van der Waals surface area contributed by atoms with Gasteiger partial charge in [0.25, 0.3) is 0 Å². The highest BCUT2D eigenvalue weighted by Crippen LogP contribution is 1.92. The van der Waals surface area contributed by atoms with Gasteiger partial charge in [-0.1, -0.05) is 20.4 Å². The molecular weight excluding hydrogens is 135 g/mol. The predicted molar refractivity (Wildman–Crippen MR) is 38.5 cm³/mol. The third kappa shape index (κ3) is 7.14. The van der Waals surface area contributed by atoms with Crippen LogP contribution in [0.5, 0.6) is 0 Å². The fourth-order valence-electron chi connectivity index (χ4n) is 0.308. The van der Waals surface area contributed by atoms with E-state index in [1.807, 2.05) is 13.8 Å². The van der Waals surface area contributed by atoms with Crippen molar-refractivity contribution < 1.29 is 14.2 Å². The summed E-state index contributed by atoms with van der Waals surface area (Å²) in [5.41, 5.74) is 0. The molecule has 0 atom stereocenters. The number of rotatable bonds is 3. The van der Waals surface area contributed by atoms with Crippen LogP contribution in [0, 0.1) is 5.92 Å². The lowest BCUT2D eigenvalue weighted by molar-refractivity contribution is -0.138. The smallest absolute Gasteiger partial charge is 0.330 e. The molecule has 60 valence electrons. The van der Waals surface area contributed by atoms with E-state index in [4.69, 9.17) is 4.74 Å². The monoisotopic (exact) mass is 148 g/mol. The molecule has 0 aromatic heterocycles. The van der Waals surface area contributed by atoms with Crippen molar-refractivity contribution in [2.24, 2.45) is 5.92 Å². The Kier molecular flexibility index (Phi) is 7.44. The van der Waals surface area contributed by atoms with Gasteiger partial charge in [0.1, 0.15) is 0 Å². The Balaban J connectivity index is 0. The van der Waals surface area contributed by atoms with Crippen LogP contribution in [-0.4, -0.2) is 12.6 Å². The molecule has 0 fully saturated rings. The summed E-state index contributed by atoms with van der Waals surface area (Å²) >= 11 is 0. The Morgan fingerprint density at radius 2 is 2.20 bits per heavy atom. The summed E-state index contributed by atoms with van der Waals surface area (Å²) < 4.78 is 4.70. The lowest BCUT2D eigenvalue weighted by Crippen LogP contribution is -2.06. The third-order valence-electron chi connectivity index (χ3n) is 0.726. The number of ether oxygens (including phenoxy) is 1. The van der Waals surface area contributed by atoms with Crippen LogP contribution < -0.4 is 0 Å². The van der Waals surface area contributed by atoms with Gasteiger partial charge < -0.3 is 4.74 Å². The van der Waals surface area contributed by atoms with Gasteiger partial charge in [-0.2, -0.15) is 0 Å². The summed E-state index contributed by atoms with van der Waals surface area (Å²) in [6.45, 7) is 7.71. The fourth-order valence-corrected chi connectivity index (χ4v) is 0.308. The van der Waals surface area contributed by atoms with Gasteiger partial charge in [-0.15, -0.1) is 0 Å². The minimum Gasteiger partial charge on any atom is -0.462 e. The van der Waals surface area contributed by atoms with E-state index in [0.717, 1.165) is 0 Å². The van der Waals surface area contributed by atoms with Crippen LogP contribution >= 0.6 is 0 Å². The molecule has 0 aliphatic rings. The topological polar surface area (TPSA) is 26.3 Å². The van der Waals surface area contributed by atoms with Crippen molar-refractivity contribution in [3.05, 3.63) is 12.7 Å². The van der Waals surface area contributed by atoms with Crippen LogP contribution in [0.3, 0.4) is 0 Å². The fraction of sp³-hybridized carbons (Fsp3) is 0.571. The van der Waals surface area contributed by atoms with Gasteiger partial charge in [-0.3, -0.25) is 4.70 Å². The highest BCUT2D eigenvalue weighted by atomic mass is 19.0. The Morgan fingerprint density at radius 3 is 2.50 bits per heavy atom. The van der Waals surface area contributed by atoms with E-state index in [1.54, 1.807) is 0 Å². The summed E-state index contributed by atoms with van der Waals surface area (Å²) in [7, 11) is 0. The van der Waals surface area contributed by atoms with E-state index in [0.29, 0.717) is 12.5 Å². The van der Waals surface area contributed by atoms with Gasteiger partial charge in [0.15, 0.2) is 0 Å².